The third-order valence-electron chi connectivity index (χ3n) is 6.91. The topological polar surface area (TPSA) is 103 Å². The predicted molar refractivity (Wildman–Crippen MR) is 116 cm³/mol. The van der Waals surface area contributed by atoms with E-state index in [0.717, 1.165) is 24.6 Å². The van der Waals surface area contributed by atoms with Gasteiger partial charge in [0.1, 0.15) is 0 Å². The maximum atomic E-state index is 13.4. The van der Waals surface area contributed by atoms with Crippen molar-refractivity contribution in [1.82, 2.24) is 19.5 Å². The van der Waals surface area contributed by atoms with Crippen LogP contribution in [0.15, 0.2) is 41.6 Å². The smallest absolute Gasteiger partial charge is 0.318 e. The van der Waals surface area contributed by atoms with E-state index in [1.54, 1.807) is 30.6 Å². The van der Waals surface area contributed by atoms with Crippen molar-refractivity contribution in [2.75, 3.05) is 13.1 Å². The number of urea groups is 1. The third-order valence-corrected chi connectivity index (χ3v) is 8.84. The molecule has 2 unspecified atom stereocenters. The minimum Gasteiger partial charge on any atom is -0.393 e. The Morgan fingerprint density at radius 1 is 1.13 bits per heavy atom. The number of hydrogen-bond acceptors (Lipinski definition) is 5. The number of aromatic nitrogens is 1. The molecule has 166 valence electrons. The second kappa shape index (κ2) is 8.03. The molecule has 1 aromatic carbocycles. The molecule has 2 N–H and O–H groups in total. The summed E-state index contributed by atoms with van der Waals surface area (Å²) in [6.07, 6.45) is 7.50. The Hall–Kier alpha value is -2.23. The lowest BCUT2D eigenvalue weighted by Gasteiger charge is -2.39. The normalized spacial score (nSPS) is 29.3. The number of sulfonamides is 1. The SMILES string of the molecule is O=C(N[C@H]1CCCN(S(=O)(=O)c2cccc3cnccc23)C1)N1C2CCC1CC(O)C2. The summed E-state index contributed by atoms with van der Waals surface area (Å²) < 4.78 is 28.4. The van der Waals surface area contributed by atoms with Crippen LogP contribution >= 0.6 is 0 Å². The van der Waals surface area contributed by atoms with Crippen molar-refractivity contribution < 1.29 is 18.3 Å². The molecule has 4 heterocycles. The van der Waals surface area contributed by atoms with Crippen molar-refractivity contribution in [2.45, 2.75) is 67.6 Å². The standard InChI is InChI=1S/C22H28N4O4S/c27-19-11-17-6-7-18(12-19)26(17)22(28)24-16-4-2-10-25(14-16)31(29,30)21-5-1-3-15-13-23-9-8-20(15)21/h1,3,5,8-9,13,16-19,27H,2,4,6-7,10-12,14H2,(H,24,28)/t16-,17?,18?,19?/m0/s1. The van der Waals surface area contributed by atoms with Crippen LogP contribution in [0.5, 0.6) is 0 Å². The summed E-state index contributed by atoms with van der Waals surface area (Å²) in [5.74, 6) is 0. The lowest BCUT2D eigenvalue weighted by Crippen LogP contribution is -2.57. The molecule has 1 aromatic heterocycles. The van der Waals surface area contributed by atoms with E-state index in [0.29, 0.717) is 31.2 Å². The third kappa shape index (κ3) is 3.79. The van der Waals surface area contributed by atoms with Gasteiger partial charge in [0, 0.05) is 54.4 Å². The van der Waals surface area contributed by atoms with Crippen molar-refractivity contribution in [1.29, 1.82) is 0 Å². The van der Waals surface area contributed by atoms with Crippen molar-refractivity contribution in [3.63, 3.8) is 0 Å². The molecule has 2 bridgehead atoms. The van der Waals surface area contributed by atoms with Crippen LogP contribution in [0, 0.1) is 0 Å². The van der Waals surface area contributed by atoms with Gasteiger partial charge in [0.15, 0.2) is 0 Å². The summed E-state index contributed by atoms with van der Waals surface area (Å²) in [6, 6.07) is 6.77. The first-order chi connectivity index (χ1) is 14.9. The van der Waals surface area contributed by atoms with E-state index in [2.05, 4.69) is 10.3 Å². The number of aliphatic hydroxyl groups excluding tert-OH is 1. The van der Waals surface area contributed by atoms with Crippen LogP contribution in [0.4, 0.5) is 4.79 Å². The number of hydrogen-bond donors (Lipinski definition) is 2. The van der Waals surface area contributed by atoms with Crippen LogP contribution in [0.1, 0.15) is 38.5 Å². The Morgan fingerprint density at radius 2 is 1.90 bits per heavy atom. The molecule has 0 radical (unpaired) electrons. The van der Waals surface area contributed by atoms with Gasteiger partial charge >= 0.3 is 6.03 Å². The average Bonchev–Trinajstić information content (AvgIpc) is 3.05. The Labute approximate surface area is 182 Å². The van der Waals surface area contributed by atoms with E-state index < -0.39 is 10.0 Å². The van der Waals surface area contributed by atoms with Gasteiger partial charge in [0.2, 0.25) is 10.0 Å². The number of piperidine rings is 2. The molecule has 3 aliphatic rings. The minimum atomic E-state index is -3.69. The largest absolute Gasteiger partial charge is 0.393 e. The van der Waals surface area contributed by atoms with E-state index >= 15 is 0 Å². The molecule has 2 aromatic rings. The molecule has 5 rings (SSSR count). The summed E-state index contributed by atoms with van der Waals surface area (Å²) in [7, 11) is -3.69. The highest BCUT2D eigenvalue weighted by atomic mass is 32.2. The zero-order valence-corrected chi connectivity index (χ0v) is 18.2. The number of nitrogens with one attached hydrogen (secondary N) is 1. The lowest BCUT2D eigenvalue weighted by molar-refractivity contribution is 0.0528. The van der Waals surface area contributed by atoms with Gasteiger partial charge in [0.25, 0.3) is 0 Å². The number of benzene rings is 1. The van der Waals surface area contributed by atoms with Crippen LogP contribution in [-0.4, -0.2) is 71.1 Å². The molecule has 3 aliphatic heterocycles. The number of carbonyl (C=O) groups is 1. The Bertz CT molecular complexity index is 1070. The molecule has 3 fully saturated rings. The highest BCUT2D eigenvalue weighted by molar-refractivity contribution is 7.89. The van der Waals surface area contributed by atoms with Crippen LogP contribution in [0.2, 0.25) is 0 Å². The Morgan fingerprint density at radius 3 is 2.68 bits per heavy atom. The van der Waals surface area contributed by atoms with Gasteiger partial charge in [-0.25, -0.2) is 13.2 Å². The van der Waals surface area contributed by atoms with E-state index in [1.807, 2.05) is 11.0 Å². The molecule has 8 nitrogen and oxygen atoms in total. The Kier molecular flexibility index (Phi) is 5.35. The van der Waals surface area contributed by atoms with E-state index in [9.17, 15) is 18.3 Å². The van der Waals surface area contributed by atoms with Gasteiger partial charge in [-0.1, -0.05) is 12.1 Å². The van der Waals surface area contributed by atoms with Crippen LogP contribution in [0.3, 0.4) is 0 Å². The fourth-order valence-corrected chi connectivity index (χ4v) is 7.20. The van der Waals surface area contributed by atoms with Crippen LogP contribution in [-0.2, 0) is 10.0 Å². The lowest BCUT2D eigenvalue weighted by atomic mass is 10.0. The number of nitrogens with zero attached hydrogens (tertiary/aromatic N) is 3. The quantitative estimate of drug-likeness (QED) is 0.755. The number of carbonyl (C=O) groups excluding carboxylic acids is 1. The fraction of sp³-hybridized carbons (Fsp3) is 0.545. The monoisotopic (exact) mass is 444 g/mol. The molecule has 0 saturated carbocycles. The maximum Gasteiger partial charge on any atom is 0.318 e. The van der Waals surface area contributed by atoms with Crippen molar-refractivity contribution in [3.8, 4) is 0 Å². The van der Waals surface area contributed by atoms with Crippen LogP contribution in [0.25, 0.3) is 10.8 Å². The van der Waals surface area contributed by atoms with Gasteiger partial charge in [0.05, 0.1) is 11.0 Å². The highest BCUT2D eigenvalue weighted by Crippen LogP contribution is 2.36. The van der Waals surface area contributed by atoms with Crippen molar-refractivity contribution >= 4 is 26.8 Å². The van der Waals surface area contributed by atoms with Gasteiger partial charge < -0.3 is 15.3 Å². The molecular weight excluding hydrogens is 416 g/mol. The maximum absolute atomic E-state index is 13.4. The van der Waals surface area contributed by atoms with Crippen molar-refractivity contribution in [2.24, 2.45) is 0 Å². The second-order valence-electron chi connectivity index (χ2n) is 8.92. The van der Waals surface area contributed by atoms with Gasteiger partial charge in [-0.15, -0.1) is 0 Å². The molecule has 9 heteroatoms. The summed E-state index contributed by atoms with van der Waals surface area (Å²) in [4.78, 5) is 19.2. The molecule has 0 spiro atoms. The first-order valence-electron chi connectivity index (χ1n) is 11.0. The summed E-state index contributed by atoms with van der Waals surface area (Å²) in [5.41, 5.74) is 0. The molecular formula is C22H28N4O4S. The van der Waals surface area contributed by atoms with Crippen molar-refractivity contribution in [3.05, 3.63) is 36.7 Å². The summed E-state index contributed by atoms with van der Waals surface area (Å²) in [6.45, 7) is 0.707. The minimum absolute atomic E-state index is 0.0847. The molecule has 2 amide bonds. The number of rotatable bonds is 3. The second-order valence-corrected chi connectivity index (χ2v) is 10.8. The number of pyridine rings is 1. The van der Waals surface area contributed by atoms with Crippen LogP contribution < -0.4 is 5.32 Å². The first-order valence-corrected chi connectivity index (χ1v) is 12.5. The molecule has 3 atom stereocenters. The summed E-state index contributed by atoms with van der Waals surface area (Å²) >= 11 is 0. The summed E-state index contributed by atoms with van der Waals surface area (Å²) in [5, 5.41) is 14.5. The van der Waals surface area contributed by atoms with E-state index in [1.165, 1.54) is 4.31 Å². The number of fused-ring (bicyclic) bond motifs is 3. The van der Waals surface area contributed by atoms with Gasteiger partial charge in [-0.2, -0.15) is 4.31 Å². The fourth-order valence-electron chi connectivity index (χ4n) is 5.46. The van der Waals surface area contributed by atoms with Gasteiger partial charge in [-0.3, -0.25) is 4.98 Å². The van der Waals surface area contributed by atoms with E-state index in [4.69, 9.17) is 0 Å². The zero-order valence-electron chi connectivity index (χ0n) is 17.4. The average molecular weight is 445 g/mol. The highest BCUT2D eigenvalue weighted by Gasteiger charge is 2.43. The molecule has 31 heavy (non-hydrogen) atoms. The Balaban J connectivity index is 1.32. The molecule has 0 aliphatic carbocycles. The number of aliphatic hydroxyl groups is 1. The number of amides is 2. The predicted octanol–water partition coefficient (Wildman–Crippen LogP) is 2.09. The van der Waals surface area contributed by atoms with E-state index in [-0.39, 0.29) is 41.7 Å². The zero-order chi connectivity index (χ0) is 21.6. The van der Waals surface area contributed by atoms with Gasteiger partial charge in [-0.05, 0) is 50.7 Å². The first kappa shape index (κ1) is 20.7. The molecule has 3 saturated heterocycles.